The van der Waals surface area contributed by atoms with E-state index in [9.17, 15) is 21.9 Å². The molecule has 2 aromatic carbocycles. The number of aliphatic hydroxyl groups is 1. The maximum Gasteiger partial charge on any atom is 0.339 e. The molecule has 11 nitrogen and oxygen atoms in total. The molecule has 0 fully saturated rings. The number of hydrogen-bond donors (Lipinski definition) is 3. The summed E-state index contributed by atoms with van der Waals surface area (Å²) in [5.41, 5.74) is 10.2. The fourth-order valence-corrected chi connectivity index (χ4v) is 4.17. The monoisotopic (exact) mass is 473 g/mol. The summed E-state index contributed by atoms with van der Waals surface area (Å²) in [6, 6.07) is 10.5. The minimum atomic E-state index is -4.25. The Labute approximate surface area is 180 Å². The maximum absolute atomic E-state index is 12.5. The molecule has 0 bridgehead atoms. The van der Waals surface area contributed by atoms with E-state index in [1.54, 1.807) is 0 Å². The fourth-order valence-electron chi connectivity index (χ4n) is 2.19. The molecule has 2 aromatic rings. The number of hydrogen-bond acceptors (Lipinski definition) is 9. The molecule has 31 heavy (non-hydrogen) atoms. The summed E-state index contributed by atoms with van der Waals surface area (Å²) in [6.07, 6.45) is -1.01. The molecule has 0 radical (unpaired) electrons. The quantitative estimate of drug-likeness (QED) is 0.176. The summed E-state index contributed by atoms with van der Waals surface area (Å²) in [5.74, 6) is -0.111. The standard InChI is InChI=1S/C18H23N3O8S2/c1-2-30(23,24)16-4-3-5-17(10-16)31(25,26)29-15-8-6-14(7-9-15)27-11-13(22)12-28-21-18(19)20/h3-10,13,22H,2,11-12H2,1H3,(H4,19,20,21). The maximum atomic E-state index is 12.5. The highest BCUT2D eigenvalue weighted by Crippen LogP contribution is 2.23. The SMILES string of the molecule is CCS(=O)(=O)c1cccc(S(=O)(=O)Oc2ccc(OCC(O)CON=C(N)N)cc2)c1. The molecule has 170 valence electrons. The highest BCUT2D eigenvalue weighted by molar-refractivity contribution is 7.91. The number of benzene rings is 2. The number of nitrogens with zero attached hydrogens (tertiary/aromatic N) is 1. The number of aliphatic hydroxyl groups excluding tert-OH is 1. The van der Waals surface area contributed by atoms with Gasteiger partial charge in [0.2, 0.25) is 5.96 Å². The van der Waals surface area contributed by atoms with Gasteiger partial charge in [-0.1, -0.05) is 13.0 Å². The largest absolute Gasteiger partial charge is 0.491 e. The fraction of sp³-hybridized carbons (Fsp3) is 0.278. The Morgan fingerprint density at radius 2 is 1.61 bits per heavy atom. The van der Waals surface area contributed by atoms with E-state index in [0.717, 1.165) is 6.07 Å². The Balaban J connectivity index is 2.01. The van der Waals surface area contributed by atoms with Crippen molar-refractivity contribution in [3.8, 4) is 11.5 Å². The van der Waals surface area contributed by atoms with Crippen LogP contribution < -0.4 is 20.4 Å². The van der Waals surface area contributed by atoms with Crippen molar-refractivity contribution in [1.29, 1.82) is 0 Å². The molecule has 1 atom stereocenters. The van der Waals surface area contributed by atoms with Crippen LogP contribution in [0.5, 0.6) is 11.5 Å². The number of rotatable bonds is 11. The van der Waals surface area contributed by atoms with Gasteiger partial charge in [-0.05, 0) is 47.6 Å². The lowest BCUT2D eigenvalue weighted by molar-refractivity contribution is 0.0141. The van der Waals surface area contributed by atoms with Crippen LogP contribution in [-0.4, -0.2) is 53.0 Å². The minimum Gasteiger partial charge on any atom is -0.491 e. The molecule has 0 spiro atoms. The van der Waals surface area contributed by atoms with E-state index in [1.807, 2.05) is 0 Å². The molecule has 0 aliphatic carbocycles. The smallest absolute Gasteiger partial charge is 0.339 e. The van der Waals surface area contributed by atoms with Gasteiger partial charge in [0.05, 0.1) is 10.6 Å². The van der Waals surface area contributed by atoms with Crippen LogP contribution in [0.1, 0.15) is 6.92 Å². The summed E-state index contributed by atoms with van der Waals surface area (Å²) >= 11 is 0. The lowest BCUT2D eigenvalue weighted by atomic mass is 10.3. The Morgan fingerprint density at radius 3 is 2.23 bits per heavy atom. The molecule has 0 aliphatic heterocycles. The Bertz CT molecular complexity index is 1110. The predicted molar refractivity (Wildman–Crippen MR) is 112 cm³/mol. The Kier molecular flexibility index (Phi) is 8.08. The summed E-state index contributed by atoms with van der Waals surface area (Å²) in [4.78, 5) is 4.29. The van der Waals surface area contributed by atoms with Crippen molar-refractivity contribution in [2.45, 2.75) is 22.8 Å². The van der Waals surface area contributed by atoms with Crippen LogP contribution >= 0.6 is 0 Å². The van der Waals surface area contributed by atoms with Crippen LogP contribution in [0, 0.1) is 0 Å². The van der Waals surface area contributed by atoms with E-state index in [1.165, 1.54) is 49.4 Å². The van der Waals surface area contributed by atoms with Gasteiger partial charge in [-0.2, -0.15) is 8.42 Å². The number of ether oxygens (including phenoxy) is 1. The second-order valence-corrected chi connectivity index (χ2v) is 9.99. The molecular weight excluding hydrogens is 450 g/mol. The van der Waals surface area contributed by atoms with Gasteiger partial charge >= 0.3 is 10.1 Å². The zero-order valence-electron chi connectivity index (χ0n) is 16.5. The van der Waals surface area contributed by atoms with E-state index < -0.39 is 26.1 Å². The van der Waals surface area contributed by atoms with Gasteiger partial charge in [0, 0.05) is 0 Å². The summed E-state index contributed by atoms with van der Waals surface area (Å²) in [5, 5.41) is 13.0. The van der Waals surface area contributed by atoms with Crippen molar-refractivity contribution >= 4 is 25.9 Å². The number of sulfone groups is 1. The van der Waals surface area contributed by atoms with Crippen LogP contribution in [0.3, 0.4) is 0 Å². The molecule has 13 heteroatoms. The third kappa shape index (κ3) is 7.31. The number of oxime groups is 1. The van der Waals surface area contributed by atoms with Crippen molar-refractivity contribution < 1.29 is 35.7 Å². The van der Waals surface area contributed by atoms with Crippen molar-refractivity contribution in [2.75, 3.05) is 19.0 Å². The molecule has 0 amide bonds. The average Bonchev–Trinajstić information content (AvgIpc) is 2.73. The highest BCUT2D eigenvalue weighted by Gasteiger charge is 2.20. The van der Waals surface area contributed by atoms with E-state index in [0.29, 0.717) is 5.75 Å². The van der Waals surface area contributed by atoms with Gasteiger partial charge in [-0.15, -0.1) is 0 Å². The van der Waals surface area contributed by atoms with Crippen molar-refractivity contribution in [2.24, 2.45) is 16.6 Å². The second kappa shape index (κ2) is 10.3. The van der Waals surface area contributed by atoms with Crippen molar-refractivity contribution in [3.05, 3.63) is 48.5 Å². The van der Waals surface area contributed by atoms with Crippen LogP contribution in [0.2, 0.25) is 0 Å². The van der Waals surface area contributed by atoms with E-state index in [2.05, 4.69) is 9.99 Å². The third-order valence-corrected chi connectivity index (χ3v) is 6.72. The van der Waals surface area contributed by atoms with Gasteiger partial charge < -0.3 is 30.3 Å². The molecule has 0 aromatic heterocycles. The van der Waals surface area contributed by atoms with Gasteiger partial charge in [-0.3, -0.25) is 0 Å². The molecular formula is C18H23N3O8S2. The zero-order chi connectivity index (χ0) is 23.1. The number of guanidine groups is 1. The van der Waals surface area contributed by atoms with Crippen LogP contribution in [0.4, 0.5) is 0 Å². The lowest BCUT2D eigenvalue weighted by Crippen LogP contribution is -2.26. The zero-order valence-corrected chi connectivity index (χ0v) is 18.2. The third-order valence-electron chi connectivity index (χ3n) is 3.74. The van der Waals surface area contributed by atoms with E-state index in [-0.39, 0.29) is 40.5 Å². The van der Waals surface area contributed by atoms with Crippen LogP contribution in [0.15, 0.2) is 63.5 Å². The number of nitrogens with two attached hydrogens (primary N) is 2. The predicted octanol–water partition coefficient (Wildman–Crippen LogP) is 0.193. The van der Waals surface area contributed by atoms with Crippen molar-refractivity contribution in [1.82, 2.24) is 0 Å². The minimum absolute atomic E-state index is 0.00672. The lowest BCUT2D eigenvalue weighted by Gasteiger charge is -2.12. The first-order valence-corrected chi connectivity index (χ1v) is 12.0. The first kappa shape index (κ1) is 24.2. The first-order valence-electron chi connectivity index (χ1n) is 8.92. The van der Waals surface area contributed by atoms with Crippen molar-refractivity contribution in [3.63, 3.8) is 0 Å². The van der Waals surface area contributed by atoms with Crippen LogP contribution in [-0.2, 0) is 24.8 Å². The molecule has 2 rings (SSSR count). The van der Waals surface area contributed by atoms with Crippen LogP contribution in [0.25, 0.3) is 0 Å². The summed E-state index contributed by atoms with van der Waals surface area (Å²) in [6.45, 7) is 1.15. The Hall–Kier alpha value is -3.03. The molecule has 0 saturated carbocycles. The molecule has 5 N–H and O–H groups in total. The summed E-state index contributed by atoms with van der Waals surface area (Å²) < 4.78 is 59.4. The molecule has 0 heterocycles. The van der Waals surface area contributed by atoms with E-state index >= 15 is 0 Å². The highest BCUT2D eigenvalue weighted by atomic mass is 32.2. The molecule has 1 unspecified atom stereocenters. The van der Waals surface area contributed by atoms with Gasteiger partial charge in [0.15, 0.2) is 9.84 Å². The normalized spacial score (nSPS) is 12.6. The summed E-state index contributed by atoms with van der Waals surface area (Å²) in [7, 11) is -7.82. The molecule has 0 saturated heterocycles. The van der Waals surface area contributed by atoms with Gasteiger partial charge in [0.1, 0.15) is 35.7 Å². The Morgan fingerprint density at radius 1 is 1.00 bits per heavy atom. The first-order chi connectivity index (χ1) is 14.5. The average molecular weight is 474 g/mol. The van der Waals surface area contributed by atoms with Gasteiger partial charge in [0.25, 0.3) is 0 Å². The molecule has 0 aliphatic rings. The second-order valence-electron chi connectivity index (χ2n) is 6.16. The van der Waals surface area contributed by atoms with E-state index in [4.69, 9.17) is 20.4 Å². The van der Waals surface area contributed by atoms with Gasteiger partial charge in [-0.25, -0.2) is 8.42 Å². The topological polar surface area (TPSA) is 181 Å².